The van der Waals surface area contributed by atoms with Crippen molar-refractivity contribution in [1.82, 2.24) is 19.6 Å². The van der Waals surface area contributed by atoms with Crippen molar-refractivity contribution in [3.05, 3.63) is 0 Å². The van der Waals surface area contributed by atoms with Crippen LogP contribution < -0.4 is 0 Å². The van der Waals surface area contributed by atoms with Gasteiger partial charge in [-0.15, -0.1) is 0 Å². The van der Waals surface area contributed by atoms with Gasteiger partial charge in [0.2, 0.25) is 0 Å². The van der Waals surface area contributed by atoms with Crippen LogP contribution in [0.25, 0.3) is 0 Å². The Morgan fingerprint density at radius 2 is 1.56 bits per heavy atom. The van der Waals surface area contributed by atoms with E-state index in [0.29, 0.717) is 6.10 Å². The molecule has 0 aliphatic carbocycles. The summed E-state index contributed by atoms with van der Waals surface area (Å²) in [6.45, 7) is 16.7. The van der Waals surface area contributed by atoms with E-state index in [9.17, 15) is 0 Å². The van der Waals surface area contributed by atoms with E-state index >= 15 is 0 Å². The zero-order valence-corrected chi connectivity index (χ0v) is 16.7. The van der Waals surface area contributed by atoms with Crippen molar-refractivity contribution in [2.24, 2.45) is 5.92 Å². The standard InChI is InChI=1S/C20H40N4O/c1-19-5-3-4-7-23(17-19)8-6-20-18-24(15-16-25-20)14-13-22-11-9-21(2)10-12-22/h19-20H,3-18H2,1-2H3/t19-,20+/m1/s1. The fourth-order valence-corrected chi connectivity index (χ4v) is 4.49. The first-order chi connectivity index (χ1) is 12.2. The minimum atomic E-state index is 0.444. The van der Waals surface area contributed by atoms with Gasteiger partial charge in [-0.05, 0) is 38.8 Å². The Morgan fingerprint density at radius 1 is 0.800 bits per heavy atom. The van der Waals surface area contributed by atoms with Gasteiger partial charge < -0.3 is 14.5 Å². The van der Waals surface area contributed by atoms with E-state index in [4.69, 9.17) is 4.74 Å². The molecule has 3 aliphatic heterocycles. The van der Waals surface area contributed by atoms with Gasteiger partial charge in [0.15, 0.2) is 0 Å². The Balaban J connectivity index is 1.33. The first kappa shape index (κ1) is 19.6. The lowest BCUT2D eigenvalue weighted by Gasteiger charge is -2.37. The van der Waals surface area contributed by atoms with Crippen LogP contribution in [0.15, 0.2) is 0 Å². The third kappa shape index (κ3) is 6.79. The highest BCUT2D eigenvalue weighted by Crippen LogP contribution is 2.17. The monoisotopic (exact) mass is 352 g/mol. The van der Waals surface area contributed by atoms with Crippen molar-refractivity contribution in [2.75, 3.05) is 85.6 Å². The molecule has 3 rings (SSSR count). The highest BCUT2D eigenvalue weighted by atomic mass is 16.5. The minimum Gasteiger partial charge on any atom is -0.376 e. The predicted molar refractivity (Wildman–Crippen MR) is 104 cm³/mol. The van der Waals surface area contributed by atoms with Crippen molar-refractivity contribution in [3.8, 4) is 0 Å². The number of ether oxygens (including phenoxy) is 1. The van der Waals surface area contributed by atoms with Gasteiger partial charge in [0, 0.05) is 65.4 Å². The molecule has 0 radical (unpaired) electrons. The van der Waals surface area contributed by atoms with E-state index < -0.39 is 0 Å². The second kappa shape index (κ2) is 10.2. The number of likely N-dealkylation sites (N-methyl/N-ethyl adjacent to an activating group) is 1. The van der Waals surface area contributed by atoms with Crippen LogP contribution in [0.5, 0.6) is 0 Å². The lowest BCUT2D eigenvalue weighted by Crippen LogP contribution is -2.49. The molecular formula is C20H40N4O. The van der Waals surface area contributed by atoms with E-state index in [1.54, 1.807) is 0 Å². The summed E-state index contributed by atoms with van der Waals surface area (Å²) < 4.78 is 6.07. The SMILES string of the molecule is C[C@@H]1CCCCN(CC[C@H]2CN(CCN3CCN(C)CC3)CCO2)C1. The summed E-state index contributed by atoms with van der Waals surface area (Å²) in [7, 11) is 2.23. The van der Waals surface area contributed by atoms with Gasteiger partial charge in [-0.25, -0.2) is 0 Å². The Hall–Kier alpha value is -0.200. The predicted octanol–water partition coefficient (Wildman–Crippen LogP) is 1.45. The second-order valence-electron chi connectivity index (χ2n) is 8.63. The zero-order valence-electron chi connectivity index (χ0n) is 16.7. The highest BCUT2D eigenvalue weighted by molar-refractivity contribution is 4.77. The molecule has 0 N–H and O–H groups in total. The van der Waals surface area contributed by atoms with Gasteiger partial charge in [-0.2, -0.15) is 0 Å². The molecule has 0 spiro atoms. The van der Waals surface area contributed by atoms with Crippen molar-refractivity contribution >= 4 is 0 Å². The fraction of sp³-hybridized carbons (Fsp3) is 1.00. The number of piperazine rings is 1. The molecule has 5 heteroatoms. The molecule has 0 aromatic carbocycles. The smallest absolute Gasteiger partial charge is 0.0714 e. The molecule has 3 fully saturated rings. The average molecular weight is 353 g/mol. The topological polar surface area (TPSA) is 22.2 Å². The molecule has 0 aromatic rings. The molecule has 3 aliphatic rings. The maximum absolute atomic E-state index is 6.07. The summed E-state index contributed by atoms with van der Waals surface area (Å²) in [5.74, 6) is 0.870. The second-order valence-corrected chi connectivity index (χ2v) is 8.63. The van der Waals surface area contributed by atoms with Crippen LogP contribution in [0.3, 0.4) is 0 Å². The normalized spacial score (nSPS) is 31.9. The Morgan fingerprint density at radius 3 is 2.40 bits per heavy atom. The van der Waals surface area contributed by atoms with Crippen LogP contribution in [0.2, 0.25) is 0 Å². The largest absolute Gasteiger partial charge is 0.376 e. The van der Waals surface area contributed by atoms with Crippen LogP contribution in [0, 0.1) is 5.92 Å². The Kier molecular flexibility index (Phi) is 7.99. The maximum Gasteiger partial charge on any atom is 0.0714 e. The van der Waals surface area contributed by atoms with Crippen molar-refractivity contribution in [3.63, 3.8) is 0 Å². The van der Waals surface area contributed by atoms with Gasteiger partial charge in [-0.3, -0.25) is 9.80 Å². The number of nitrogens with zero attached hydrogens (tertiary/aromatic N) is 4. The molecule has 3 heterocycles. The summed E-state index contributed by atoms with van der Waals surface area (Å²) >= 11 is 0. The number of likely N-dealkylation sites (tertiary alicyclic amines) is 1. The lowest BCUT2D eigenvalue weighted by molar-refractivity contribution is -0.0384. The van der Waals surface area contributed by atoms with Crippen molar-refractivity contribution < 1.29 is 4.74 Å². The molecule has 2 atom stereocenters. The van der Waals surface area contributed by atoms with Crippen molar-refractivity contribution in [2.45, 2.75) is 38.7 Å². The van der Waals surface area contributed by atoms with Gasteiger partial charge in [0.1, 0.15) is 0 Å². The quantitative estimate of drug-likeness (QED) is 0.720. The van der Waals surface area contributed by atoms with Gasteiger partial charge in [-0.1, -0.05) is 13.3 Å². The third-order valence-electron chi connectivity index (χ3n) is 6.31. The van der Waals surface area contributed by atoms with E-state index in [-0.39, 0.29) is 0 Å². The number of hydrogen-bond donors (Lipinski definition) is 0. The maximum atomic E-state index is 6.07. The molecular weight excluding hydrogens is 312 g/mol. The zero-order chi connectivity index (χ0) is 17.5. The van der Waals surface area contributed by atoms with E-state index in [0.717, 1.165) is 25.6 Å². The van der Waals surface area contributed by atoms with Gasteiger partial charge >= 0.3 is 0 Å². The number of rotatable bonds is 6. The average Bonchev–Trinajstić information content (AvgIpc) is 2.84. The Labute approximate surface area is 155 Å². The van der Waals surface area contributed by atoms with Crippen molar-refractivity contribution in [1.29, 1.82) is 0 Å². The number of hydrogen-bond acceptors (Lipinski definition) is 5. The first-order valence-electron chi connectivity index (χ1n) is 10.7. The van der Waals surface area contributed by atoms with Crippen LogP contribution in [-0.2, 0) is 4.74 Å². The van der Waals surface area contributed by atoms with E-state index in [2.05, 4.69) is 33.6 Å². The molecule has 5 nitrogen and oxygen atoms in total. The molecule has 0 amide bonds. The van der Waals surface area contributed by atoms with Crippen LogP contribution >= 0.6 is 0 Å². The fourth-order valence-electron chi connectivity index (χ4n) is 4.49. The van der Waals surface area contributed by atoms with Crippen LogP contribution in [-0.4, -0.2) is 111 Å². The van der Waals surface area contributed by atoms with E-state index in [1.807, 2.05) is 0 Å². The summed E-state index contributed by atoms with van der Waals surface area (Å²) in [6, 6.07) is 0. The highest BCUT2D eigenvalue weighted by Gasteiger charge is 2.23. The number of morpholine rings is 1. The minimum absolute atomic E-state index is 0.444. The van der Waals surface area contributed by atoms with Crippen LogP contribution in [0.1, 0.15) is 32.6 Å². The van der Waals surface area contributed by atoms with Gasteiger partial charge in [0.25, 0.3) is 0 Å². The molecule has 0 saturated carbocycles. The van der Waals surface area contributed by atoms with Gasteiger partial charge in [0.05, 0.1) is 12.7 Å². The van der Waals surface area contributed by atoms with Crippen LogP contribution in [0.4, 0.5) is 0 Å². The molecule has 0 unspecified atom stereocenters. The lowest BCUT2D eigenvalue weighted by atomic mass is 10.1. The molecule has 0 aromatic heterocycles. The molecule has 25 heavy (non-hydrogen) atoms. The summed E-state index contributed by atoms with van der Waals surface area (Å²) in [5, 5.41) is 0. The summed E-state index contributed by atoms with van der Waals surface area (Å²) in [5.41, 5.74) is 0. The summed E-state index contributed by atoms with van der Waals surface area (Å²) in [4.78, 5) is 10.4. The third-order valence-corrected chi connectivity index (χ3v) is 6.31. The Bertz CT molecular complexity index is 373. The molecule has 0 bridgehead atoms. The summed E-state index contributed by atoms with van der Waals surface area (Å²) in [6.07, 6.45) is 5.86. The molecule has 146 valence electrons. The first-order valence-corrected chi connectivity index (χ1v) is 10.7. The van der Waals surface area contributed by atoms with E-state index in [1.165, 1.54) is 84.6 Å². The molecule has 3 saturated heterocycles.